The van der Waals surface area contributed by atoms with Crippen molar-refractivity contribution in [3.8, 4) is 16.9 Å². The molecule has 0 unspecified atom stereocenters. The largest absolute Gasteiger partial charge is 0.497 e. The molecule has 4 aromatic rings. The van der Waals surface area contributed by atoms with Crippen LogP contribution in [0.2, 0.25) is 0 Å². The number of aromatic nitrogens is 4. The Balaban J connectivity index is 1.48. The molecule has 0 aliphatic rings. The average Bonchev–Trinajstić information content (AvgIpc) is 3.07. The predicted octanol–water partition coefficient (Wildman–Crippen LogP) is 3.22. The van der Waals surface area contributed by atoms with Crippen LogP contribution in [-0.2, 0) is 6.54 Å². The number of methoxy groups -OCH3 is 1. The van der Waals surface area contributed by atoms with Crippen molar-refractivity contribution in [1.82, 2.24) is 20.2 Å². The Morgan fingerprint density at radius 2 is 1.92 bits per heavy atom. The minimum atomic E-state index is 0.500. The molecule has 2 aromatic heterocycles. The van der Waals surface area contributed by atoms with E-state index in [1.54, 1.807) is 19.5 Å². The van der Waals surface area contributed by atoms with Gasteiger partial charge in [0.1, 0.15) is 5.75 Å². The zero-order chi connectivity index (χ0) is 17.9. The SMILES string of the molecule is COc1cccc(CNc2ncc(-c3ccc4c(N)n[nH]c4c3)cn2)c1. The summed E-state index contributed by atoms with van der Waals surface area (Å²) in [6.07, 6.45) is 3.59. The van der Waals surface area contributed by atoms with Crippen molar-refractivity contribution in [3.63, 3.8) is 0 Å². The molecule has 0 spiro atoms. The van der Waals surface area contributed by atoms with E-state index in [-0.39, 0.29) is 0 Å². The fraction of sp³-hybridized carbons (Fsp3) is 0.105. The number of fused-ring (bicyclic) bond motifs is 1. The lowest BCUT2D eigenvalue weighted by Crippen LogP contribution is -2.03. The van der Waals surface area contributed by atoms with Gasteiger partial charge >= 0.3 is 0 Å². The summed E-state index contributed by atoms with van der Waals surface area (Å²) in [4.78, 5) is 8.79. The highest BCUT2D eigenvalue weighted by molar-refractivity contribution is 5.91. The number of rotatable bonds is 5. The molecule has 0 saturated carbocycles. The van der Waals surface area contributed by atoms with Gasteiger partial charge in [0, 0.05) is 29.9 Å². The fourth-order valence-corrected chi connectivity index (χ4v) is 2.75. The predicted molar refractivity (Wildman–Crippen MR) is 102 cm³/mol. The first-order valence-electron chi connectivity index (χ1n) is 8.16. The van der Waals surface area contributed by atoms with Crippen molar-refractivity contribution >= 4 is 22.7 Å². The summed E-state index contributed by atoms with van der Waals surface area (Å²) in [5, 5.41) is 11.1. The van der Waals surface area contributed by atoms with Crippen LogP contribution in [0.25, 0.3) is 22.0 Å². The molecule has 0 atom stereocenters. The summed E-state index contributed by atoms with van der Waals surface area (Å²) in [6.45, 7) is 0.621. The average molecular weight is 346 g/mol. The van der Waals surface area contributed by atoms with E-state index in [4.69, 9.17) is 10.5 Å². The molecule has 4 N–H and O–H groups in total. The number of anilines is 2. The Morgan fingerprint density at radius 1 is 1.08 bits per heavy atom. The number of hydrogen-bond donors (Lipinski definition) is 3. The van der Waals surface area contributed by atoms with Gasteiger partial charge in [-0.2, -0.15) is 5.10 Å². The van der Waals surface area contributed by atoms with Crippen LogP contribution < -0.4 is 15.8 Å². The molecule has 26 heavy (non-hydrogen) atoms. The van der Waals surface area contributed by atoms with Gasteiger partial charge in [-0.05, 0) is 35.4 Å². The maximum Gasteiger partial charge on any atom is 0.222 e. The minimum absolute atomic E-state index is 0.500. The van der Waals surface area contributed by atoms with E-state index in [1.165, 1.54) is 0 Å². The summed E-state index contributed by atoms with van der Waals surface area (Å²) >= 11 is 0. The van der Waals surface area contributed by atoms with Crippen LogP contribution in [-0.4, -0.2) is 27.3 Å². The lowest BCUT2D eigenvalue weighted by Gasteiger charge is -2.07. The second-order valence-electron chi connectivity index (χ2n) is 5.87. The molecule has 0 saturated heterocycles. The van der Waals surface area contributed by atoms with E-state index in [1.807, 2.05) is 42.5 Å². The molecule has 0 amide bonds. The van der Waals surface area contributed by atoms with E-state index in [0.717, 1.165) is 33.3 Å². The number of H-pyrrole nitrogens is 1. The standard InChI is InChI=1S/C19H18N6O/c1-26-15-4-2-3-12(7-15)9-21-19-22-10-14(11-23-19)13-5-6-16-17(8-13)24-25-18(16)20/h2-8,10-11H,9H2,1H3,(H3,20,24,25)(H,21,22,23). The van der Waals surface area contributed by atoms with Gasteiger partial charge in [-0.1, -0.05) is 18.2 Å². The quantitative estimate of drug-likeness (QED) is 0.513. The molecule has 0 radical (unpaired) electrons. The van der Waals surface area contributed by atoms with Crippen molar-refractivity contribution in [2.45, 2.75) is 6.54 Å². The van der Waals surface area contributed by atoms with Crippen LogP contribution in [0.4, 0.5) is 11.8 Å². The normalized spacial score (nSPS) is 10.8. The van der Waals surface area contributed by atoms with Gasteiger partial charge in [-0.3, -0.25) is 5.10 Å². The maximum atomic E-state index is 5.80. The summed E-state index contributed by atoms with van der Waals surface area (Å²) in [5.74, 6) is 1.90. The lowest BCUT2D eigenvalue weighted by atomic mass is 10.1. The molecule has 7 nitrogen and oxygen atoms in total. The smallest absolute Gasteiger partial charge is 0.222 e. The molecular weight excluding hydrogens is 328 g/mol. The Morgan fingerprint density at radius 3 is 2.73 bits per heavy atom. The van der Waals surface area contributed by atoms with Crippen LogP contribution in [0.5, 0.6) is 5.75 Å². The van der Waals surface area contributed by atoms with Gasteiger partial charge in [0.25, 0.3) is 0 Å². The van der Waals surface area contributed by atoms with Crippen molar-refractivity contribution in [2.75, 3.05) is 18.2 Å². The first kappa shape index (κ1) is 15.9. The molecular formula is C19H18N6O. The van der Waals surface area contributed by atoms with E-state index in [0.29, 0.717) is 18.3 Å². The van der Waals surface area contributed by atoms with E-state index < -0.39 is 0 Å². The van der Waals surface area contributed by atoms with E-state index in [2.05, 4.69) is 25.5 Å². The van der Waals surface area contributed by atoms with E-state index >= 15 is 0 Å². The Bertz CT molecular complexity index is 1040. The number of nitrogen functional groups attached to an aromatic ring is 1. The Kier molecular flexibility index (Phi) is 4.10. The number of ether oxygens (including phenoxy) is 1. The second kappa shape index (κ2) is 6.72. The molecule has 130 valence electrons. The van der Waals surface area contributed by atoms with Crippen LogP contribution in [0.1, 0.15) is 5.56 Å². The number of nitrogens with one attached hydrogen (secondary N) is 2. The van der Waals surface area contributed by atoms with Gasteiger partial charge in [0.05, 0.1) is 12.6 Å². The molecule has 2 aromatic carbocycles. The first-order chi connectivity index (χ1) is 12.7. The number of nitrogens with zero attached hydrogens (tertiary/aromatic N) is 3. The van der Waals surface area contributed by atoms with Crippen LogP contribution in [0, 0.1) is 0 Å². The van der Waals surface area contributed by atoms with Crippen molar-refractivity contribution in [2.24, 2.45) is 0 Å². The molecule has 0 bridgehead atoms. The zero-order valence-corrected chi connectivity index (χ0v) is 14.2. The van der Waals surface area contributed by atoms with Gasteiger partial charge in [-0.15, -0.1) is 0 Å². The summed E-state index contributed by atoms with van der Waals surface area (Å²) in [5.41, 5.74) is 9.71. The third kappa shape index (κ3) is 3.14. The van der Waals surface area contributed by atoms with Crippen LogP contribution in [0.3, 0.4) is 0 Å². The number of nitrogens with two attached hydrogens (primary N) is 1. The van der Waals surface area contributed by atoms with E-state index in [9.17, 15) is 0 Å². The molecule has 2 heterocycles. The summed E-state index contributed by atoms with van der Waals surface area (Å²) in [6, 6.07) is 13.8. The highest BCUT2D eigenvalue weighted by atomic mass is 16.5. The highest BCUT2D eigenvalue weighted by Crippen LogP contribution is 2.25. The Labute approximate surface area is 150 Å². The highest BCUT2D eigenvalue weighted by Gasteiger charge is 2.06. The molecule has 0 aliphatic heterocycles. The lowest BCUT2D eigenvalue weighted by molar-refractivity contribution is 0.414. The number of hydrogen-bond acceptors (Lipinski definition) is 6. The van der Waals surface area contributed by atoms with Gasteiger partial charge in [0.2, 0.25) is 5.95 Å². The van der Waals surface area contributed by atoms with Gasteiger partial charge in [-0.25, -0.2) is 9.97 Å². The minimum Gasteiger partial charge on any atom is -0.497 e. The van der Waals surface area contributed by atoms with Crippen molar-refractivity contribution in [1.29, 1.82) is 0 Å². The molecule has 7 heteroatoms. The van der Waals surface area contributed by atoms with Crippen LogP contribution >= 0.6 is 0 Å². The number of benzene rings is 2. The monoisotopic (exact) mass is 346 g/mol. The Hall–Kier alpha value is -3.61. The van der Waals surface area contributed by atoms with Crippen molar-refractivity contribution < 1.29 is 4.74 Å². The first-order valence-corrected chi connectivity index (χ1v) is 8.16. The maximum absolute atomic E-state index is 5.80. The summed E-state index contributed by atoms with van der Waals surface area (Å²) < 4.78 is 5.23. The summed E-state index contributed by atoms with van der Waals surface area (Å²) in [7, 11) is 1.66. The third-order valence-electron chi connectivity index (χ3n) is 4.16. The third-order valence-corrected chi connectivity index (χ3v) is 4.16. The fourth-order valence-electron chi connectivity index (χ4n) is 2.75. The molecule has 0 fully saturated rings. The second-order valence-corrected chi connectivity index (χ2v) is 5.87. The van der Waals surface area contributed by atoms with Gasteiger partial charge < -0.3 is 15.8 Å². The van der Waals surface area contributed by atoms with Crippen molar-refractivity contribution in [3.05, 3.63) is 60.4 Å². The molecule has 4 rings (SSSR count). The number of aromatic amines is 1. The van der Waals surface area contributed by atoms with Crippen LogP contribution in [0.15, 0.2) is 54.9 Å². The topological polar surface area (TPSA) is 102 Å². The zero-order valence-electron chi connectivity index (χ0n) is 14.2. The molecule has 0 aliphatic carbocycles. The van der Waals surface area contributed by atoms with Gasteiger partial charge in [0.15, 0.2) is 5.82 Å².